The topological polar surface area (TPSA) is 55.2 Å². The molecule has 21 heavy (non-hydrogen) atoms. The first-order valence-corrected chi connectivity index (χ1v) is 8.06. The van der Waals surface area contributed by atoms with E-state index in [2.05, 4.69) is 5.32 Å². The minimum absolute atomic E-state index is 0.0384. The summed E-state index contributed by atoms with van der Waals surface area (Å²) < 4.78 is 0. The Hall–Kier alpha value is -1.29. The summed E-state index contributed by atoms with van der Waals surface area (Å²) in [7, 11) is 0. The van der Waals surface area contributed by atoms with Crippen molar-refractivity contribution < 1.29 is 4.92 Å². The zero-order valence-electron chi connectivity index (χ0n) is 11.8. The molecule has 4 aliphatic carbocycles. The Kier molecular flexibility index (Phi) is 2.77. The molecular formula is C16H19ClN2O2. The normalized spacial score (nSPS) is 43.8. The Morgan fingerprint density at radius 1 is 1.14 bits per heavy atom. The summed E-state index contributed by atoms with van der Waals surface area (Å²) >= 11 is 6.72. The van der Waals surface area contributed by atoms with Gasteiger partial charge in [-0.1, -0.05) is 18.2 Å². The number of halogens is 1. The maximum Gasteiger partial charge on any atom is 0.299 e. The monoisotopic (exact) mass is 306 g/mol. The van der Waals surface area contributed by atoms with Gasteiger partial charge in [0.1, 0.15) is 0 Å². The van der Waals surface area contributed by atoms with Crippen molar-refractivity contribution in [1.29, 1.82) is 0 Å². The lowest BCUT2D eigenvalue weighted by atomic mass is 9.51. The van der Waals surface area contributed by atoms with Crippen LogP contribution in [-0.2, 0) is 0 Å². The Morgan fingerprint density at radius 2 is 1.76 bits per heavy atom. The third kappa shape index (κ3) is 1.88. The molecule has 5 heteroatoms. The zero-order chi connectivity index (χ0) is 14.7. The third-order valence-corrected chi connectivity index (χ3v) is 6.24. The molecule has 112 valence electrons. The number of para-hydroxylation sites is 1. The van der Waals surface area contributed by atoms with E-state index in [1.807, 2.05) is 30.3 Å². The molecule has 2 atom stereocenters. The predicted molar refractivity (Wildman–Crippen MR) is 81.9 cm³/mol. The van der Waals surface area contributed by atoms with Crippen LogP contribution in [0.1, 0.15) is 32.1 Å². The summed E-state index contributed by atoms with van der Waals surface area (Å²) in [4.78, 5) is 11.8. The van der Waals surface area contributed by atoms with Crippen molar-refractivity contribution in [2.75, 3.05) is 5.32 Å². The van der Waals surface area contributed by atoms with Gasteiger partial charge in [0.25, 0.3) is 5.66 Å². The van der Waals surface area contributed by atoms with E-state index in [0.717, 1.165) is 37.8 Å². The van der Waals surface area contributed by atoms with Crippen LogP contribution in [0.15, 0.2) is 30.3 Å². The van der Waals surface area contributed by atoms with Gasteiger partial charge in [0.05, 0.1) is 11.8 Å². The van der Waals surface area contributed by atoms with Gasteiger partial charge in [-0.3, -0.25) is 10.1 Å². The number of hydrogen-bond donors (Lipinski definition) is 1. The lowest BCUT2D eigenvalue weighted by Crippen LogP contribution is -2.68. The SMILES string of the molecule is O=[N+]([O-])C1(Nc2ccccc2)C2CC3CC1CC(Cl)(C3)C2. The molecule has 4 fully saturated rings. The van der Waals surface area contributed by atoms with E-state index < -0.39 is 5.66 Å². The molecule has 4 nitrogen and oxygen atoms in total. The molecule has 1 aromatic carbocycles. The van der Waals surface area contributed by atoms with Gasteiger partial charge >= 0.3 is 0 Å². The van der Waals surface area contributed by atoms with Gasteiger partial charge in [0.15, 0.2) is 0 Å². The molecule has 0 heterocycles. The molecule has 0 amide bonds. The molecule has 2 unspecified atom stereocenters. The molecule has 0 saturated heterocycles. The number of alkyl halides is 1. The molecule has 1 N–H and O–H groups in total. The second-order valence-corrected chi connectivity index (χ2v) is 7.87. The predicted octanol–water partition coefficient (Wildman–Crippen LogP) is 3.89. The second kappa shape index (κ2) is 4.35. The summed E-state index contributed by atoms with van der Waals surface area (Å²) in [6.07, 6.45) is 4.45. The first-order valence-electron chi connectivity index (χ1n) is 7.68. The minimum atomic E-state index is -1.03. The number of nitrogens with zero attached hydrogens (tertiary/aromatic N) is 1. The van der Waals surface area contributed by atoms with Crippen molar-refractivity contribution in [2.45, 2.75) is 42.6 Å². The smallest absolute Gasteiger partial charge is 0.299 e. The maximum absolute atomic E-state index is 12.0. The molecule has 0 spiro atoms. The Morgan fingerprint density at radius 3 is 2.29 bits per heavy atom. The highest BCUT2D eigenvalue weighted by Gasteiger charge is 2.68. The number of benzene rings is 1. The van der Waals surface area contributed by atoms with Crippen molar-refractivity contribution in [1.82, 2.24) is 0 Å². The van der Waals surface area contributed by atoms with Gasteiger partial charge in [-0.05, 0) is 50.2 Å². The summed E-state index contributed by atoms with van der Waals surface area (Å²) in [6, 6.07) is 9.57. The van der Waals surface area contributed by atoms with Crippen molar-refractivity contribution in [3.8, 4) is 0 Å². The van der Waals surface area contributed by atoms with E-state index in [0.29, 0.717) is 5.92 Å². The van der Waals surface area contributed by atoms with Crippen LogP contribution >= 0.6 is 11.6 Å². The first-order chi connectivity index (χ1) is 10.0. The van der Waals surface area contributed by atoms with Crippen LogP contribution in [0.3, 0.4) is 0 Å². The van der Waals surface area contributed by atoms with Crippen molar-refractivity contribution in [2.24, 2.45) is 17.8 Å². The summed E-state index contributed by atoms with van der Waals surface area (Å²) in [5.41, 5.74) is -0.193. The highest BCUT2D eigenvalue weighted by molar-refractivity contribution is 6.24. The quantitative estimate of drug-likeness (QED) is 0.399. The first kappa shape index (κ1) is 13.4. The van der Waals surface area contributed by atoms with E-state index in [4.69, 9.17) is 11.6 Å². The molecule has 5 rings (SSSR count). The second-order valence-electron chi connectivity index (χ2n) is 7.07. The fraction of sp³-hybridized carbons (Fsp3) is 0.625. The van der Waals surface area contributed by atoms with Crippen LogP contribution in [0.2, 0.25) is 0 Å². The molecule has 1 aromatic rings. The largest absolute Gasteiger partial charge is 0.321 e. The Labute approximate surface area is 129 Å². The van der Waals surface area contributed by atoms with Crippen LogP contribution in [0.25, 0.3) is 0 Å². The van der Waals surface area contributed by atoms with E-state index in [-0.39, 0.29) is 21.6 Å². The van der Waals surface area contributed by atoms with Gasteiger partial charge in [-0.2, -0.15) is 0 Å². The summed E-state index contributed by atoms with van der Waals surface area (Å²) in [6.45, 7) is 0. The number of nitrogens with one attached hydrogen (secondary N) is 1. The van der Waals surface area contributed by atoms with E-state index in [9.17, 15) is 10.1 Å². The van der Waals surface area contributed by atoms with E-state index >= 15 is 0 Å². The third-order valence-electron chi connectivity index (χ3n) is 5.78. The number of rotatable bonds is 3. The van der Waals surface area contributed by atoms with Gasteiger partial charge in [-0.15, -0.1) is 11.6 Å². The molecule has 4 saturated carbocycles. The van der Waals surface area contributed by atoms with Crippen LogP contribution in [0.5, 0.6) is 0 Å². The Bertz CT molecular complexity index is 561. The standard InChI is InChI=1S/C16H19ClN2O2/c17-15-8-11-6-12(9-15)16(19(20)21,13(7-11)10-15)18-14-4-2-1-3-5-14/h1-5,11-13,18H,6-10H2. The fourth-order valence-electron chi connectivity index (χ4n) is 5.19. The molecule has 4 aliphatic rings. The lowest BCUT2D eigenvalue weighted by molar-refractivity contribution is -0.594. The molecule has 4 bridgehead atoms. The maximum atomic E-state index is 12.0. The van der Waals surface area contributed by atoms with Gasteiger partial charge in [-0.25, -0.2) is 0 Å². The highest BCUT2D eigenvalue weighted by Crippen LogP contribution is 2.62. The number of anilines is 1. The average Bonchev–Trinajstić information content (AvgIpc) is 2.42. The number of hydrogen-bond acceptors (Lipinski definition) is 3. The van der Waals surface area contributed by atoms with Crippen molar-refractivity contribution in [3.63, 3.8) is 0 Å². The van der Waals surface area contributed by atoms with Crippen LogP contribution < -0.4 is 5.32 Å². The fourth-order valence-corrected chi connectivity index (χ4v) is 5.78. The molecular weight excluding hydrogens is 288 g/mol. The minimum Gasteiger partial charge on any atom is -0.321 e. The van der Waals surface area contributed by atoms with Crippen LogP contribution in [0.4, 0.5) is 5.69 Å². The number of nitro groups is 1. The summed E-state index contributed by atoms with van der Waals surface area (Å²) in [5, 5.41) is 15.3. The molecule has 0 radical (unpaired) electrons. The van der Waals surface area contributed by atoms with Crippen molar-refractivity contribution >= 4 is 17.3 Å². The average molecular weight is 307 g/mol. The zero-order valence-corrected chi connectivity index (χ0v) is 12.6. The van der Waals surface area contributed by atoms with E-state index in [1.165, 1.54) is 0 Å². The van der Waals surface area contributed by atoms with Crippen molar-refractivity contribution in [3.05, 3.63) is 40.4 Å². The Balaban J connectivity index is 1.74. The van der Waals surface area contributed by atoms with E-state index in [1.54, 1.807) is 0 Å². The highest BCUT2D eigenvalue weighted by atomic mass is 35.5. The molecule has 0 aromatic heterocycles. The summed E-state index contributed by atoms with van der Waals surface area (Å²) in [5.74, 6) is 0.651. The van der Waals surface area contributed by atoms with Crippen LogP contribution in [-0.4, -0.2) is 15.5 Å². The lowest BCUT2D eigenvalue weighted by Gasteiger charge is -2.59. The van der Waals surface area contributed by atoms with Gasteiger partial charge < -0.3 is 5.32 Å². The van der Waals surface area contributed by atoms with Gasteiger partial charge in [0.2, 0.25) is 0 Å². The van der Waals surface area contributed by atoms with Gasteiger partial charge in [0, 0.05) is 15.5 Å². The van der Waals surface area contributed by atoms with Crippen LogP contribution in [0, 0.1) is 27.9 Å². The molecule has 0 aliphatic heterocycles.